The molecule has 0 radical (unpaired) electrons. The van der Waals surface area contributed by atoms with Crippen molar-refractivity contribution < 1.29 is 9.59 Å². The molecule has 0 spiro atoms. The van der Waals surface area contributed by atoms with Crippen LogP contribution >= 0.6 is 12.4 Å². The van der Waals surface area contributed by atoms with Gasteiger partial charge in [0.2, 0.25) is 5.91 Å². The van der Waals surface area contributed by atoms with Crippen molar-refractivity contribution in [3.05, 3.63) is 29.3 Å². The minimum atomic E-state index is -0.208. The van der Waals surface area contributed by atoms with Crippen molar-refractivity contribution in [1.29, 1.82) is 0 Å². The van der Waals surface area contributed by atoms with Crippen molar-refractivity contribution in [2.45, 2.75) is 13.8 Å². The summed E-state index contributed by atoms with van der Waals surface area (Å²) in [6.45, 7) is 4.33. The molecular formula is C14H22ClN3O2. The Labute approximate surface area is 125 Å². The number of anilines is 1. The third-order valence-corrected chi connectivity index (χ3v) is 2.86. The second-order valence-electron chi connectivity index (χ2n) is 4.58. The summed E-state index contributed by atoms with van der Waals surface area (Å²) in [6, 6.07) is 5.38. The summed E-state index contributed by atoms with van der Waals surface area (Å²) in [5.74, 6) is -0.479. The Bertz CT molecular complexity index is 477. The SMILES string of the molecule is CNCC(C)C(=O)Nc1ccc(C)cc1C(=O)NC.Cl. The minimum absolute atomic E-state index is 0. The van der Waals surface area contributed by atoms with Crippen LogP contribution < -0.4 is 16.0 Å². The maximum Gasteiger partial charge on any atom is 0.253 e. The lowest BCUT2D eigenvalue weighted by atomic mass is 10.1. The molecule has 0 heterocycles. The fraction of sp³-hybridized carbons (Fsp3) is 0.429. The van der Waals surface area contributed by atoms with Crippen LogP contribution in [0.4, 0.5) is 5.69 Å². The van der Waals surface area contributed by atoms with Gasteiger partial charge in [0.05, 0.1) is 11.3 Å². The molecule has 0 fully saturated rings. The first-order valence-corrected chi connectivity index (χ1v) is 6.27. The smallest absolute Gasteiger partial charge is 0.253 e. The predicted octanol–water partition coefficient (Wildman–Crippen LogP) is 1.57. The fourth-order valence-electron chi connectivity index (χ4n) is 1.74. The summed E-state index contributed by atoms with van der Waals surface area (Å²) in [6.07, 6.45) is 0. The Hall–Kier alpha value is -1.59. The van der Waals surface area contributed by atoms with Gasteiger partial charge in [-0.3, -0.25) is 9.59 Å². The van der Waals surface area contributed by atoms with Crippen LogP contribution in [-0.4, -0.2) is 32.5 Å². The fourth-order valence-corrected chi connectivity index (χ4v) is 1.74. The molecule has 0 aliphatic heterocycles. The summed E-state index contributed by atoms with van der Waals surface area (Å²) >= 11 is 0. The molecule has 0 saturated heterocycles. The Morgan fingerprint density at radius 3 is 2.45 bits per heavy atom. The molecule has 0 saturated carbocycles. The summed E-state index contributed by atoms with van der Waals surface area (Å²) in [5, 5.41) is 8.32. The largest absolute Gasteiger partial charge is 0.355 e. The van der Waals surface area contributed by atoms with E-state index in [9.17, 15) is 9.59 Å². The molecule has 6 heteroatoms. The number of hydrogen-bond acceptors (Lipinski definition) is 3. The molecule has 20 heavy (non-hydrogen) atoms. The molecular weight excluding hydrogens is 278 g/mol. The Morgan fingerprint density at radius 2 is 1.90 bits per heavy atom. The van der Waals surface area contributed by atoms with Gasteiger partial charge in [-0.05, 0) is 26.1 Å². The number of nitrogens with one attached hydrogen (secondary N) is 3. The molecule has 0 aromatic heterocycles. The number of hydrogen-bond donors (Lipinski definition) is 3. The standard InChI is InChI=1S/C14H21N3O2.ClH/c1-9-5-6-12(11(7-9)14(19)16-4)17-13(18)10(2)8-15-3;/h5-7,10,15H,8H2,1-4H3,(H,16,19)(H,17,18);1H. The molecule has 1 aromatic rings. The Kier molecular flexibility index (Phi) is 7.87. The topological polar surface area (TPSA) is 70.2 Å². The van der Waals surface area contributed by atoms with Crippen molar-refractivity contribution in [3.63, 3.8) is 0 Å². The second kappa shape index (κ2) is 8.55. The quantitative estimate of drug-likeness (QED) is 0.773. The first-order valence-electron chi connectivity index (χ1n) is 6.27. The summed E-state index contributed by atoms with van der Waals surface area (Å²) in [5.41, 5.74) is 1.99. The number of benzene rings is 1. The highest BCUT2D eigenvalue weighted by Gasteiger charge is 2.16. The van der Waals surface area contributed by atoms with Gasteiger partial charge in [-0.1, -0.05) is 18.6 Å². The zero-order valence-electron chi connectivity index (χ0n) is 12.2. The van der Waals surface area contributed by atoms with E-state index in [0.717, 1.165) is 5.56 Å². The molecule has 1 atom stereocenters. The Balaban J connectivity index is 0.00000361. The number of halogens is 1. The molecule has 0 bridgehead atoms. The van der Waals surface area contributed by atoms with Crippen LogP contribution in [-0.2, 0) is 4.79 Å². The van der Waals surface area contributed by atoms with Crippen LogP contribution in [0.15, 0.2) is 18.2 Å². The van der Waals surface area contributed by atoms with Gasteiger partial charge in [0.15, 0.2) is 0 Å². The van der Waals surface area contributed by atoms with Crippen LogP contribution in [0.2, 0.25) is 0 Å². The van der Waals surface area contributed by atoms with E-state index in [-0.39, 0.29) is 30.1 Å². The molecule has 1 rings (SSSR count). The highest BCUT2D eigenvalue weighted by Crippen LogP contribution is 2.18. The lowest BCUT2D eigenvalue weighted by Crippen LogP contribution is -2.29. The molecule has 1 unspecified atom stereocenters. The third kappa shape index (κ3) is 4.83. The lowest BCUT2D eigenvalue weighted by Gasteiger charge is -2.14. The van der Waals surface area contributed by atoms with E-state index in [2.05, 4.69) is 16.0 Å². The highest BCUT2D eigenvalue weighted by molar-refractivity contribution is 6.04. The average molecular weight is 300 g/mol. The molecule has 3 N–H and O–H groups in total. The van der Waals surface area contributed by atoms with Gasteiger partial charge in [0, 0.05) is 19.5 Å². The molecule has 0 aliphatic rings. The van der Waals surface area contributed by atoms with E-state index >= 15 is 0 Å². The summed E-state index contributed by atoms with van der Waals surface area (Å²) < 4.78 is 0. The Morgan fingerprint density at radius 1 is 1.25 bits per heavy atom. The zero-order valence-corrected chi connectivity index (χ0v) is 13.1. The van der Waals surface area contributed by atoms with E-state index in [1.807, 2.05) is 19.9 Å². The van der Waals surface area contributed by atoms with E-state index in [0.29, 0.717) is 17.8 Å². The van der Waals surface area contributed by atoms with Gasteiger partial charge < -0.3 is 16.0 Å². The lowest BCUT2D eigenvalue weighted by molar-refractivity contribution is -0.119. The van der Waals surface area contributed by atoms with Crippen LogP contribution in [0.3, 0.4) is 0 Å². The second-order valence-corrected chi connectivity index (χ2v) is 4.58. The minimum Gasteiger partial charge on any atom is -0.355 e. The van der Waals surface area contributed by atoms with E-state index in [1.54, 1.807) is 26.2 Å². The monoisotopic (exact) mass is 299 g/mol. The first-order chi connectivity index (χ1) is 8.99. The van der Waals surface area contributed by atoms with Crippen molar-refractivity contribution in [2.75, 3.05) is 26.0 Å². The number of amides is 2. The zero-order chi connectivity index (χ0) is 14.4. The maximum absolute atomic E-state index is 12.0. The highest BCUT2D eigenvalue weighted by atomic mass is 35.5. The maximum atomic E-state index is 12.0. The van der Waals surface area contributed by atoms with E-state index < -0.39 is 0 Å². The molecule has 1 aromatic carbocycles. The van der Waals surface area contributed by atoms with Gasteiger partial charge in [-0.2, -0.15) is 0 Å². The van der Waals surface area contributed by atoms with E-state index in [4.69, 9.17) is 0 Å². The van der Waals surface area contributed by atoms with Gasteiger partial charge in [-0.25, -0.2) is 0 Å². The number of carbonyl (C=O) groups excluding carboxylic acids is 2. The normalized spacial score (nSPS) is 11.2. The number of aryl methyl sites for hydroxylation is 1. The van der Waals surface area contributed by atoms with Gasteiger partial charge >= 0.3 is 0 Å². The summed E-state index contributed by atoms with van der Waals surface area (Å²) in [7, 11) is 3.37. The van der Waals surface area contributed by atoms with Gasteiger partial charge in [0.25, 0.3) is 5.91 Å². The molecule has 5 nitrogen and oxygen atoms in total. The predicted molar refractivity (Wildman–Crippen MR) is 83.5 cm³/mol. The van der Waals surface area contributed by atoms with Crippen LogP contribution in [0, 0.1) is 12.8 Å². The van der Waals surface area contributed by atoms with Crippen LogP contribution in [0.1, 0.15) is 22.8 Å². The molecule has 0 aliphatic carbocycles. The van der Waals surface area contributed by atoms with Crippen molar-refractivity contribution >= 4 is 29.9 Å². The van der Waals surface area contributed by atoms with Crippen LogP contribution in [0.25, 0.3) is 0 Å². The summed E-state index contributed by atoms with van der Waals surface area (Å²) in [4.78, 5) is 23.8. The third-order valence-electron chi connectivity index (χ3n) is 2.86. The van der Waals surface area contributed by atoms with Crippen molar-refractivity contribution in [3.8, 4) is 0 Å². The molecule has 112 valence electrons. The van der Waals surface area contributed by atoms with Gasteiger partial charge in [-0.15, -0.1) is 12.4 Å². The first kappa shape index (κ1) is 18.4. The average Bonchev–Trinajstić information content (AvgIpc) is 2.40. The van der Waals surface area contributed by atoms with Gasteiger partial charge in [0.1, 0.15) is 0 Å². The van der Waals surface area contributed by atoms with Crippen LogP contribution in [0.5, 0.6) is 0 Å². The van der Waals surface area contributed by atoms with Crippen molar-refractivity contribution in [2.24, 2.45) is 5.92 Å². The number of rotatable bonds is 5. The van der Waals surface area contributed by atoms with Crippen molar-refractivity contribution in [1.82, 2.24) is 10.6 Å². The number of carbonyl (C=O) groups is 2. The van der Waals surface area contributed by atoms with E-state index in [1.165, 1.54) is 0 Å². The molecule has 2 amide bonds.